The number of carbonyl (C=O) groups excluding carboxylic acids is 3. The molecule has 1 aliphatic heterocycles. The summed E-state index contributed by atoms with van der Waals surface area (Å²) in [6, 6.07) is 11.2. The second-order valence-electron chi connectivity index (χ2n) is 7.13. The fourth-order valence-corrected chi connectivity index (χ4v) is 4.56. The van der Waals surface area contributed by atoms with Gasteiger partial charge >= 0.3 is 6.03 Å². The first-order chi connectivity index (χ1) is 14.5. The molecule has 1 saturated heterocycles. The molecule has 1 aliphatic rings. The van der Waals surface area contributed by atoms with Crippen molar-refractivity contribution in [2.45, 2.75) is 19.9 Å². The number of imide groups is 1. The monoisotopic (exact) mass is 463 g/mol. The van der Waals surface area contributed by atoms with Crippen LogP contribution in [-0.2, 0) is 14.8 Å². The first-order valence-electron chi connectivity index (χ1n) is 9.55. The molecule has 0 unspecified atom stereocenters. The highest BCUT2D eigenvalue weighted by Gasteiger charge is 2.44. The molecule has 8 nitrogen and oxygen atoms in total. The normalized spacial score (nSPS) is 16.7. The van der Waals surface area contributed by atoms with Crippen LogP contribution in [0.4, 0.5) is 16.2 Å². The molecule has 31 heavy (non-hydrogen) atoms. The van der Waals surface area contributed by atoms with Gasteiger partial charge in [-0.25, -0.2) is 13.2 Å². The average Bonchev–Trinajstić information content (AvgIpc) is 2.92. The summed E-state index contributed by atoms with van der Waals surface area (Å²) in [6.45, 7) is 3.15. The molecule has 1 fully saturated rings. The lowest BCUT2D eigenvalue weighted by molar-refractivity contribution is -0.126. The van der Waals surface area contributed by atoms with Crippen molar-refractivity contribution in [3.63, 3.8) is 0 Å². The minimum atomic E-state index is -3.44. The van der Waals surface area contributed by atoms with Crippen molar-refractivity contribution in [1.82, 2.24) is 4.90 Å². The number of urea groups is 1. The average molecular weight is 464 g/mol. The fourth-order valence-electron chi connectivity index (χ4n) is 3.46. The lowest BCUT2D eigenvalue weighted by Crippen LogP contribution is -2.37. The van der Waals surface area contributed by atoms with Crippen LogP contribution in [0.3, 0.4) is 0 Å². The van der Waals surface area contributed by atoms with Crippen LogP contribution in [0.1, 0.15) is 24.2 Å². The van der Waals surface area contributed by atoms with Crippen LogP contribution in [-0.4, -0.2) is 56.4 Å². The van der Waals surface area contributed by atoms with E-state index in [1.54, 1.807) is 38.1 Å². The molecule has 3 amide bonds. The summed E-state index contributed by atoms with van der Waals surface area (Å²) >= 11 is 5.89. The van der Waals surface area contributed by atoms with Gasteiger partial charge in [0.2, 0.25) is 10.0 Å². The summed E-state index contributed by atoms with van der Waals surface area (Å²) in [6.07, 6.45) is 1.10. The van der Waals surface area contributed by atoms with Crippen molar-refractivity contribution in [1.29, 1.82) is 0 Å². The molecule has 0 spiro atoms. The predicted octanol–water partition coefficient (Wildman–Crippen LogP) is 3.17. The van der Waals surface area contributed by atoms with Gasteiger partial charge in [0.1, 0.15) is 6.04 Å². The van der Waals surface area contributed by atoms with Crippen LogP contribution in [0.5, 0.6) is 0 Å². The second kappa shape index (κ2) is 8.68. The maximum Gasteiger partial charge on any atom is 0.332 e. The van der Waals surface area contributed by atoms with Crippen LogP contribution in [0.2, 0.25) is 5.02 Å². The number of sulfonamides is 1. The van der Waals surface area contributed by atoms with Crippen molar-refractivity contribution in [3.05, 3.63) is 59.1 Å². The molecule has 3 rings (SSSR count). The van der Waals surface area contributed by atoms with Crippen LogP contribution < -0.4 is 9.21 Å². The minimum absolute atomic E-state index is 0.251. The van der Waals surface area contributed by atoms with E-state index in [1.807, 2.05) is 0 Å². The highest BCUT2D eigenvalue weighted by molar-refractivity contribution is 7.92. The summed E-state index contributed by atoms with van der Waals surface area (Å²) in [4.78, 5) is 40.4. The molecule has 0 saturated carbocycles. The minimum Gasteiger partial charge on any atom is -0.292 e. The van der Waals surface area contributed by atoms with Gasteiger partial charge in [-0.3, -0.25) is 23.7 Å². The SMILES string of the molecule is CCN(c1ccc(C(=O)CN2C(=O)[C@H](C)N(c3ccc(Cl)cc3)C2=O)cc1)S(C)(=O)=O. The zero-order valence-corrected chi connectivity index (χ0v) is 18.9. The lowest BCUT2D eigenvalue weighted by atomic mass is 10.1. The van der Waals surface area contributed by atoms with Crippen molar-refractivity contribution in [3.8, 4) is 0 Å². The van der Waals surface area contributed by atoms with Gasteiger partial charge in [0.05, 0.1) is 18.5 Å². The molecule has 0 aromatic heterocycles. The maximum atomic E-state index is 12.8. The zero-order valence-electron chi connectivity index (χ0n) is 17.3. The molecule has 2 aromatic carbocycles. The number of ketones is 1. The third-order valence-electron chi connectivity index (χ3n) is 5.02. The lowest BCUT2D eigenvalue weighted by Gasteiger charge is -2.20. The first-order valence-corrected chi connectivity index (χ1v) is 11.8. The van der Waals surface area contributed by atoms with Gasteiger partial charge in [0, 0.05) is 22.8 Å². The Kier molecular flexibility index (Phi) is 6.38. The quantitative estimate of drug-likeness (QED) is 0.464. The van der Waals surface area contributed by atoms with Crippen molar-refractivity contribution in [2.75, 3.05) is 28.6 Å². The van der Waals surface area contributed by atoms with Crippen molar-refractivity contribution in [2.24, 2.45) is 0 Å². The summed E-state index contributed by atoms with van der Waals surface area (Å²) < 4.78 is 24.9. The molecule has 2 aromatic rings. The molecule has 10 heteroatoms. The van der Waals surface area contributed by atoms with E-state index >= 15 is 0 Å². The van der Waals surface area contributed by atoms with Crippen LogP contribution in [0.15, 0.2) is 48.5 Å². The summed E-state index contributed by atoms with van der Waals surface area (Å²) in [7, 11) is -3.44. The van der Waals surface area contributed by atoms with Gasteiger partial charge in [0.25, 0.3) is 5.91 Å². The Hall–Kier alpha value is -2.91. The third-order valence-corrected chi connectivity index (χ3v) is 6.54. The van der Waals surface area contributed by atoms with Crippen LogP contribution in [0.25, 0.3) is 0 Å². The van der Waals surface area contributed by atoms with E-state index in [0.717, 1.165) is 11.2 Å². The fraction of sp³-hybridized carbons (Fsp3) is 0.286. The molecule has 0 bridgehead atoms. The van der Waals surface area contributed by atoms with Gasteiger partial charge in [0.15, 0.2) is 5.78 Å². The van der Waals surface area contributed by atoms with Crippen molar-refractivity contribution < 1.29 is 22.8 Å². The topological polar surface area (TPSA) is 95.1 Å². The highest BCUT2D eigenvalue weighted by Crippen LogP contribution is 2.27. The Labute approximate surface area is 186 Å². The molecular formula is C21H22ClN3O5S. The number of Topliss-reactive ketones (excluding diaryl/α,β-unsaturated/α-hetero) is 1. The number of nitrogens with zero attached hydrogens (tertiary/aromatic N) is 3. The molecule has 0 N–H and O–H groups in total. The van der Waals surface area contributed by atoms with E-state index < -0.39 is 40.3 Å². The van der Waals surface area contributed by atoms with Gasteiger partial charge < -0.3 is 0 Å². The number of hydrogen-bond donors (Lipinski definition) is 0. The van der Waals surface area contributed by atoms with Gasteiger partial charge in [-0.15, -0.1) is 0 Å². The Morgan fingerprint density at radius 2 is 1.65 bits per heavy atom. The Balaban J connectivity index is 1.77. The number of anilines is 2. The Morgan fingerprint density at radius 1 is 1.06 bits per heavy atom. The summed E-state index contributed by atoms with van der Waals surface area (Å²) in [5.41, 5.74) is 1.21. The van der Waals surface area contributed by atoms with Crippen molar-refractivity contribution >= 4 is 50.7 Å². The molecule has 1 heterocycles. The second-order valence-corrected chi connectivity index (χ2v) is 9.47. The van der Waals surface area contributed by atoms with Crippen LogP contribution in [0, 0.1) is 0 Å². The van der Waals surface area contributed by atoms with E-state index in [-0.39, 0.29) is 12.1 Å². The molecular weight excluding hydrogens is 442 g/mol. The van der Waals surface area contributed by atoms with E-state index in [2.05, 4.69) is 0 Å². The largest absolute Gasteiger partial charge is 0.332 e. The smallest absolute Gasteiger partial charge is 0.292 e. The number of amides is 3. The first kappa shape index (κ1) is 22.8. The Bertz CT molecular complexity index is 1120. The van der Waals surface area contributed by atoms with Gasteiger partial charge in [-0.1, -0.05) is 11.6 Å². The molecule has 0 radical (unpaired) electrons. The van der Waals surface area contributed by atoms with E-state index in [1.165, 1.54) is 33.5 Å². The van der Waals surface area contributed by atoms with Gasteiger partial charge in [-0.05, 0) is 62.4 Å². The summed E-state index contributed by atoms with van der Waals surface area (Å²) in [5, 5.41) is 0.502. The standard InChI is InChI=1S/C21H22ClN3O5S/c1-4-24(31(3,29)30)17-9-5-15(6-10-17)19(26)13-23-20(27)14(2)25(21(23)28)18-11-7-16(22)8-12-18/h5-12,14H,4,13H2,1-3H3/t14-/m0/s1. The molecule has 164 valence electrons. The number of benzene rings is 2. The zero-order chi connectivity index (χ0) is 22.9. The number of hydrogen-bond acceptors (Lipinski definition) is 5. The summed E-state index contributed by atoms with van der Waals surface area (Å²) in [5.74, 6) is -0.903. The van der Waals surface area contributed by atoms with Crippen LogP contribution >= 0.6 is 11.6 Å². The third kappa shape index (κ3) is 4.57. The number of carbonyl (C=O) groups is 3. The highest BCUT2D eigenvalue weighted by atomic mass is 35.5. The number of halogens is 1. The Morgan fingerprint density at radius 3 is 2.16 bits per heavy atom. The van der Waals surface area contributed by atoms with E-state index in [9.17, 15) is 22.8 Å². The number of rotatable bonds is 7. The maximum absolute atomic E-state index is 12.8. The van der Waals surface area contributed by atoms with Gasteiger partial charge in [-0.2, -0.15) is 0 Å². The molecule has 1 atom stereocenters. The van der Waals surface area contributed by atoms with E-state index in [4.69, 9.17) is 11.6 Å². The molecule has 0 aliphatic carbocycles. The van der Waals surface area contributed by atoms with E-state index in [0.29, 0.717) is 16.4 Å². The predicted molar refractivity (Wildman–Crippen MR) is 119 cm³/mol.